The Morgan fingerprint density at radius 3 is 2.63 bits per heavy atom. The number of nitrogens with one attached hydrogen (secondary N) is 1. The SMILES string of the molecule is CCCNC(c1nc(CC)c(C)s1)c1sccc1C. The zero-order valence-electron chi connectivity index (χ0n) is 12.1. The average molecular weight is 294 g/mol. The summed E-state index contributed by atoms with van der Waals surface area (Å²) in [6.07, 6.45) is 2.16. The van der Waals surface area contributed by atoms with Crippen molar-refractivity contribution in [1.82, 2.24) is 10.3 Å². The second-order valence-electron chi connectivity index (χ2n) is 4.76. The molecule has 1 N–H and O–H groups in total. The molecular weight excluding hydrogens is 272 g/mol. The Morgan fingerprint density at radius 2 is 2.11 bits per heavy atom. The number of rotatable bonds is 6. The maximum Gasteiger partial charge on any atom is 0.115 e. The van der Waals surface area contributed by atoms with Crippen molar-refractivity contribution in [2.75, 3.05) is 6.54 Å². The van der Waals surface area contributed by atoms with Gasteiger partial charge in [-0.25, -0.2) is 4.98 Å². The molecule has 1 unspecified atom stereocenters. The Balaban J connectivity index is 2.34. The van der Waals surface area contributed by atoms with Gasteiger partial charge in [-0.2, -0.15) is 0 Å². The van der Waals surface area contributed by atoms with Crippen LogP contribution in [0.25, 0.3) is 0 Å². The molecule has 4 heteroatoms. The van der Waals surface area contributed by atoms with Gasteiger partial charge in [-0.1, -0.05) is 13.8 Å². The van der Waals surface area contributed by atoms with Gasteiger partial charge >= 0.3 is 0 Å². The van der Waals surface area contributed by atoms with Crippen molar-refractivity contribution < 1.29 is 0 Å². The van der Waals surface area contributed by atoms with Crippen molar-refractivity contribution >= 4 is 22.7 Å². The van der Waals surface area contributed by atoms with E-state index in [2.05, 4.69) is 44.5 Å². The van der Waals surface area contributed by atoms with Crippen LogP contribution in [0.15, 0.2) is 11.4 Å². The molecule has 0 spiro atoms. The molecule has 0 saturated carbocycles. The maximum atomic E-state index is 4.84. The summed E-state index contributed by atoms with van der Waals surface area (Å²) in [6.45, 7) is 9.78. The number of thiophene rings is 1. The van der Waals surface area contributed by atoms with Crippen LogP contribution >= 0.6 is 22.7 Å². The fourth-order valence-corrected chi connectivity index (χ4v) is 4.34. The summed E-state index contributed by atoms with van der Waals surface area (Å²) < 4.78 is 0. The Bertz CT molecular complexity index is 528. The molecule has 0 saturated heterocycles. The van der Waals surface area contributed by atoms with Gasteiger partial charge in [0.05, 0.1) is 11.7 Å². The van der Waals surface area contributed by atoms with E-state index in [1.807, 2.05) is 22.7 Å². The van der Waals surface area contributed by atoms with Crippen LogP contribution < -0.4 is 5.32 Å². The molecule has 0 amide bonds. The van der Waals surface area contributed by atoms with Crippen LogP contribution in [-0.4, -0.2) is 11.5 Å². The van der Waals surface area contributed by atoms with Gasteiger partial charge < -0.3 is 5.32 Å². The molecule has 1 atom stereocenters. The first-order valence-electron chi connectivity index (χ1n) is 6.90. The quantitative estimate of drug-likeness (QED) is 0.850. The minimum Gasteiger partial charge on any atom is -0.304 e. The predicted octanol–water partition coefficient (Wildman–Crippen LogP) is 4.47. The standard InChI is InChI=1S/C15H22N2S2/c1-5-8-16-13(14-10(3)7-9-18-14)15-17-12(6-2)11(4)19-15/h7,9,13,16H,5-6,8H2,1-4H3. The molecular formula is C15H22N2S2. The van der Waals surface area contributed by atoms with Gasteiger partial charge in [0.2, 0.25) is 0 Å². The molecule has 0 aliphatic carbocycles. The van der Waals surface area contributed by atoms with E-state index in [1.165, 1.54) is 26.0 Å². The molecule has 2 heterocycles. The summed E-state index contributed by atoms with van der Waals surface area (Å²) >= 11 is 3.67. The molecule has 0 aliphatic heterocycles. The van der Waals surface area contributed by atoms with Crippen LogP contribution in [0.3, 0.4) is 0 Å². The van der Waals surface area contributed by atoms with Gasteiger partial charge in [-0.3, -0.25) is 0 Å². The third-order valence-electron chi connectivity index (χ3n) is 3.25. The topological polar surface area (TPSA) is 24.9 Å². The highest BCUT2D eigenvalue weighted by Gasteiger charge is 2.21. The lowest BCUT2D eigenvalue weighted by molar-refractivity contribution is 0.600. The Morgan fingerprint density at radius 1 is 1.32 bits per heavy atom. The molecule has 19 heavy (non-hydrogen) atoms. The first kappa shape index (κ1) is 14.7. The average Bonchev–Trinajstić information content (AvgIpc) is 2.97. The van der Waals surface area contributed by atoms with E-state index in [0.29, 0.717) is 0 Å². The Labute approximate surface area is 123 Å². The lowest BCUT2D eigenvalue weighted by Gasteiger charge is -2.15. The minimum absolute atomic E-state index is 0.268. The molecule has 104 valence electrons. The molecule has 0 aromatic carbocycles. The second kappa shape index (κ2) is 6.64. The highest BCUT2D eigenvalue weighted by atomic mass is 32.1. The number of nitrogens with zero attached hydrogens (tertiary/aromatic N) is 1. The van der Waals surface area contributed by atoms with Crippen LogP contribution in [0.2, 0.25) is 0 Å². The maximum absolute atomic E-state index is 4.84. The van der Waals surface area contributed by atoms with Crippen LogP contribution in [0, 0.1) is 13.8 Å². The van der Waals surface area contributed by atoms with E-state index < -0.39 is 0 Å². The summed E-state index contributed by atoms with van der Waals surface area (Å²) in [5.41, 5.74) is 2.61. The first-order chi connectivity index (χ1) is 9.17. The van der Waals surface area contributed by atoms with Gasteiger partial charge in [0.1, 0.15) is 5.01 Å². The van der Waals surface area contributed by atoms with E-state index in [1.54, 1.807) is 0 Å². The zero-order chi connectivity index (χ0) is 13.8. The van der Waals surface area contributed by atoms with Gasteiger partial charge in [0.25, 0.3) is 0 Å². The van der Waals surface area contributed by atoms with E-state index in [0.717, 1.165) is 19.4 Å². The molecule has 0 fully saturated rings. The molecule has 2 rings (SSSR count). The van der Waals surface area contributed by atoms with Gasteiger partial charge in [0.15, 0.2) is 0 Å². The molecule has 0 radical (unpaired) electrons. The summed E-state index contributed by atoms with van der Waals surface area (Å²) in [7, 11) is 0. The lowest BCUT2D eigenvalue weighted by atomic mass is 10.1. The third kappa shape index (κ3) is 3.25. The number of hydrogen-bond donors (Lipinski definition) is 1. The summed E-state index contributed by atoms with van der Waals surface area (Å²) in [5, 5.41) is 7.04. The van der Waals surface area contributed by atoms with Crippen molar-refractivity contribution in [2.24, 2.45) is 0 Å². The fourth-order valence-electron chi connectivity index (χ4n) is 2.16. The third-order valence-corrected chi connectivity index (χ3v) is 5.42. The van der Waals surface area contributed by atoms with Crippen molar-refractivity contribution in [3.8, 4) is 0 Å². The number of aryl methyl sites for hydroxylation is 3. The van der Waals surface area contributed by atoms with E-state index in [9.17, 15) is 0 Å². The molecule has 2 aromatic rings. The zero-order valence-corrected chi connectivity index (χ0v) is 13.8. The monoisotopic (exact) mass is 294 g/mol. The van der Waals surface area contributed by atoms with E-state index >= 15 is 0 Å². The largest absolute Gasteiger partial charge is 0.304 e. The molecule has 0 bridgehead atoms. The van der Waals surface area contributed by atoms with Crippen LogP contribution in [0.1, 0.15) is 52.3 Å². The number of hydrogen-bond acceptors (Lipinski definition) is 4. The van der Waals surface area contributed by atoms with Gasteiger partial charge in [-0.15, -0.1) is 22.7 Å². The predicted molar refractivity (Wildman–Crippen MR) is 85.4 cm³/mol. The Hall–Kier alpha value is -0.710. The molecule has 0 aliphatic rings. The van der Waals surface area contributed by atoms with Crippen molar-refractivity contribution in [3.63, 3.8) is 0 Å². The van der Waals surface area contributed by atoms with Crippen LogP contribution in [0.5, 0.6) is 0 Å². The summed E-state index contributed by atoms with van der Waals surface area (Å²) in [5.74, 6) is 0. The fraction of sp³-hybridized carbons (Fsp3) is 0.533. The highest BCUT2D eigenvalue weighted by molar-refractivity contribution is 7.12. The lowest BCUT2D eigenvalue weighted by Crippen LogP contribution is -2.22. The van der Waals surface area contributed by atoms with E-state index in [4.69, 9.17) is 4.98 Å². The molecule has 2 nitrogen and oxygen atoms in total. The van der Waals surface area contributed by atoms with Crippen LogP contribution in [0.4, 0.5) is 0 Å². The first-order valence-corrected chi connectivity index (χ1v) is 8.60. The summed E-state index contributed by atoms with van der Waals surface area (Å²) in [6, 6.07) is 2.46. The van der Waals surface area contributed by atoms with E-state index in [-0.39, 0.29) is 6.04 Å². The van der Waals surface area contributed by atoms with Gasteiger partial charge in [0, 0.05) is 9.75 Å². The van der Waals surface area contributed by atoms with Crippen molar-refractivity contribution in [1.29, 1.82) is 0 Å². The number of thiazole rings is 1. The highest BCUT2D eigenvalue weighted by Crippen LogP contribution is 2.33. The Kier molecular flexibility index (Phi) is 5.13. The van der Waals surface area contributed by atoms with Crippen molar-refractivity contribution in [3.05, 3.63) is 37.5 Å². The second-order valence-corrected chi connectivity index (χ2v) is 6.95. The minimum atomic E-state index is 0.268. The van der Waals surface area contributed by atoms with Crippen LogP contribution in [-0.2, 0) is 6.42 Å². The smallest absolute Gasteiger partial charge is 0.115 e. The molecule has 2 aromatic heterocycles. The summed E-state index contributed by atoms with van der Waals surface area (Å²) in [4.78, 5) is 7.61. The number of aromatic nitrogens is 1. The normalized spacial score (nSPS) is 12.8. The van der Waals surface area contributed by atoms with Gasteiger partial charge in [-0.05, 0) is 50.2 Å². The van der Waals surface area contributed by atoms with Crippen molar-refractivity contribution in [2.45, 2.75) is 46.6 Å².